The van der Waals surface area contributed by atoms with E-state index < -0.39 is 5.41 Å². The van der Waals surface area contributed by atoms with Gasteiger partial charge in [0.05, 0.1) is 5.41 Å². The van der Waals surface area contributed by atoms with Gasteiger partial charge in [0, 0.05) is 38.6 Å². The van der Waals surface area contributed by atoms with E-state index >= 15 is 0 Å². The molecule has 5 nitrogen and oxygen atoms in total. The predicted molar refractivity (Wildman–Crippen MR) is 252 cm³/mol. The molecule has 2 aliphatic rings. The molecule has 1 aliphatic carbocycles. The molecule has 294 valence electrons. The smallest absolute Gasteiger partial charge is 0.164 e. The van der Waals surface area contributed by atoms with Crippen LogP contribution in [-0.2, 0) is 5.41 Å². The molecule has 0 unspecified atom stereocenters. The van der Waals surface area contributed by atoms with Crippen LogP contribution in [0.3, 0.4) is 0 Å². The van der Waals surface area contributed by atoms with E-state index in [0.29, 0.717) is 17.5 Å². The lowest BCUT2D eigenvalue weighted by atomic mass is 9.66. The molecule has 1 spiro atoms. The highest BCUT2D eigenvalue weighted by Gasteiger charge is 2.51. The van der Waals surface area contributed by atoms with E-state index in [1.807, 2.05) is 36.4 Å². The first-order valence-corrected chi connectivity index (χ1v) is 21.3. The lowest BCUT2D eigenvalue weighted by Gasteiger charge is -2.39. The Labute approximate surface area is 363 Å². The number of hydrogen-bond acceptors (Lipinski definition) is 5. The van der Waals surface area contributed by atoms with Crippen molar-refractivity contribution in [3.05, 3.63) is 235 Å². The van der Waals surface area contributed by atoms with Crippen LogP contribution >= 0.6 is 0 Å². The molecule has 0 fully saturated rings. The third-order valence-electron chi connectivity index (χ3n) is 12.8. The molecule has 0 atom stereocenters. The molecule has 0 saturated heterocycles. The summed E-state index contributed by atoms with van der Waals surface area (Å²) in [6.07, 6.45) is 0. The fourth-order valence-corrected chi connectivity index (χ4v) is 10.0. The number of aromatic nitrogens is 3. The first kappa shape index (κ1) is 35.4. The van der Waals surface area contributed by atoms with Crippen LogP contribution in [0.2, 0.25) is 0 Å². The highest BCUT2D eigenvalue weighted by Crippen LogP contribution is 2.63. The first-order chi connectivity index (χ1) is 31.2. The molecule has 63 heavy (non-hydrogen) atoms. The fraction of sp³-hybridized carbons (Fsp3) is 0.0172. The monoisotopic (exact) mass is 805 g/mol. The SMILES string of the molecule is c1ccc(-c2cccc(-c3nc(-c4ccccc4)nc(-c4ccc5c(c4)oc4cc(-c6cccc7c6-c6ccccc6C76c7ccccc7Oc7ccccc76)ccc45)n3)c2)cc1. The molecule has 0 amide bonds. The Balaban J connectivity index is 0.942. The largest absolute Gasteiger partial charge is 0.457 e. The molecular weight excluding hydrogens is 771 g/mol. The minimum atomic E-state index is -0.535. The molecule has 3 heterocycles. The highest BCUT2D eigenvalue weighted by atomic mass is 16.5. The summed E-state index contributed by atoms with van der Waals surface area (Å²) in [6, 6.07) is 74.3. The molecular formula is C58H35N3O2. The second-order valence-electron chi connectivity index (χ2n) is 16.3. The maximum Gasteiger partial charge on any atom is 0.164 e. The Morgan fingerprint density at radius 1 is 0.317 bits per heavy atom. The molecule has 1 aliphatic heterocycles. The lowest BCUT2D eigenvalue weighted by Crippen LogP contribution is -2.32. The van der Waals surface area contributed by atoms with Crippen LogP contribution in [0.15, 0.2) is 217 Å². The van der Waals surface area contributed by atoms with E-state index in [1.165, 1.54) is 22.3 Å². The normalized spacial score (nSPS) is 13.0. The van der Waals surface area contributed by atoms with Crippen LogP contribution in [0.1, 0.15) is 22.3 Å². The molecule has 13 rings (SSSR count). The summed E-state index contributed by atoms with van der Waals surface area (Å²) >= 11 is 0. The van der Waals surface area contributed by atoms with E-state index in [1.54, 1.807) is 0 Å². The second-order valence-corrected chi connectivity index (χ2v) is 16.3. The van der Waals surface area contributed by atoms with Gasteiger partial charge < -0.3 is 9.15 Å². The molecule has 11 aromatic rings. The summed E-state index contributed by atoms with van der Waals surface area (Å²) < 4.78 is 13.3. The van der Waals surface area contributed by atoms with Gasteiger partial charge in [-0.25, -0.2) is 15.0 Å². The van der Waals surface area contributed by atoms with Crippen molar-refractivity contribution in [2.45, 2.75) is 5.41 Å². The van der Waals surface area contributed by atoms with Crippen LogP contribution in [0.4, 0.5) is 0 Å². The zero-order valence-corrected chi connectivity index (χ0v) is 33.9. The van der Waals surface area contributed by atoms with Gasteiger partial charge in [-0.3, -0.25) is 0 Å². The van der Waals surface area contributed by atoms with E-state index in [9.17, 15) is 0 Å². The van der Waals surface area contributed by atoms with Gasteiger partial charge in [0.15, 0.2) is 17.5 Å². The third-order valence-corrected chi connectivity index (χ3v) is 12.8. The summed E-state index contributed by atoms with van der Waals surface area (Å²) in [7, 11) is 0. The van der Waals surface area contributed by atoms with Crippen LogP contribution in [-0.4, -0.2) is 15.0 Å². The summed E-state index contributed by atoms with van der Waals surface area (Å²) in [5.41, 5.74) is 15.5. The summed E-state index contributed by atoms with van der Waals surface area (Å²) in [5.74, 6) is 3.57. The van der Waals surface area contributed by atoms with Gasteiger partial charge in [0.1, 0.15) is 22.7 Å². The van der Waals surface area contributed by atoms with Crippen molar-refractivity contribution >= 4 is 21.9 Å². The van der Waals surface area contributed by atoms with Crippen molar-refractivity contribution in [1.82, 2.24) is 15.0 Å². The maximum atomic E-state index is 6.78. The van der Waals surface area contributed by atoms with E-state index in [4.69, 9.17) is 24.1 Å². The summed E-state index contributed by atoms with van der Waals surface area (Å²) in [6.45, 7) is 0. The Bertz CT molecular complexity index is 3570. The van der Waals surface area contributed by atoms with Crippen molar-refractivity contribution in [3.8, 4) is 79.0 Å². The van der Waals surface area contributed by atoms with Crippen molar-refractivity contribution in [3.63, 3.8) is 0 Å². The van der Waals surface area contributed by atoms with Crippen molar-refractivity contribution in [1.29, 1.82) is 0 Å². The van der Waals surface area contributed by atoms with Crippen molar-refractivity contribution in [2.75, 3.05) is 0 Å². The van der Waals surface area contributed by atoms with Gasteiger partial charge in [0.2, 0.25) is 0 Å². The number of fused-ring (bicyclic) bond motifs is 12. The van der Waals surface area contributed by atoms with E-state index in [-0.39, 0.29) is 0 Å². The van der Waals surface area contributed by atoms with Crippen molar-refractivity contribution in [2.24, 2.45) is 0 Å². The minimum Gasteiger partial charge on any atom is -0.457 e. The number of rotatable bonds is 5. The quantitative estimate of drug-likeness (QED) is 0.173. The van der Waals surface area contributed by atoms with Crippen LogP contribution in [0.5, 0.6) is 11.5 Å². The average Bonchev–Trinajstić information content (AvgIpc) is 3.87. The number of nitrogens with zero attached hydrogens (tertiary/aromatic N) is 3. The predicted octanol–water partition coefficient (Wildman–Crippen LogP) is 14.6. The number of hydrogen-bond donors (Lipinski definition) is 0. The molecule has 0 radical (unpaired) electrons. The Kier molecular flexibility index (Phi) is 7.75. The zero-order chi connectivity index (χ0) is 41.5. The molecule has 0 saturated carbocycles. The van der Waals surface area contributed by atoms with E-state index in [2.05, 4.69) is 176 Å². The van der Waals surface area contributed by atoms with Gasteiger partial charge in [-0.05, 0) is 87.0 Å². The molecule has 5 heteroatoms. The molecule has 0 bridgehead atoms. The van der Waals surface area contributed by atoms with Gasteiger partial charge in [-0.1, -0.05) is 170 Å². The highest BCUT2D eigenvalue weighted by molar-refractivity contribution is 6.07. The molecule has 0 N–H and O–H groups in total. The zero-order valence-electron chi connectivity index (χ0n) is 33.9. The Hall–Kier alpha value is -8.41. The van der Waals surface area contributed by atoms with Crippen LogP contribution < -0.4 is 4.74 Å². The number of furan rings is 1. The lowest BCUT2D eigenvalue weighted by molar-refractivity contribution is 0.436. The third kappa shape index (κ3) is 5.40. The molecule has 2 aromatic heterocycles. The second kappa shape index (κ2) is 13.8. The van der Waals surface area contributed by atoms with Gasteiger partial charge in [-0.2, -0.15) is 0 Å². The van der Waals surface area contributed by atoms with Crippen LogP contribution in [0, 0.1) is 0 Å². The van der Waals surface area contributed by atoms with E-state index in [0.717, 1.165) is 83.5 Å². The fourth-order valence-electron chi connectivity index (χ4n) is 10.0. The Morgan fingerprint density at radius 3 is 1.49 bits per heavy atom. The standard InChI is InChI=1S/C58H35N3O2/c1-3-15-36(16-4-1)38-19-13-20-40(33-38)56-59-55(37-17-5-2-6-18-37)60-57(61-56)41-30-32-44-43-31-29-39(34-52(43)63-53(44)35-41)42-22-14-26-49-54(42)45-21-7-8-23-46(45)58(49)47-24-9-11-27-50(47)62-51-28-12-10-25-48(51)58/h1-35H. The number of ether oxygens (including phenoxy) is 1. The van der Waals surface area contributed by atoms with Crippen LogP contribution in [0.25, 0.3) is 89.5 Å². The minimum absolute atomic E-state index is 0.535. The average molecular weight is 806 g/mol. The number of benzene rings is 9. The summed E-state index contributed by atoms with van der Waals surface area (Å²) in [4.78, 5) is 15.1. The topological polar surface area (TPSA) is 61.0 Å². The summed E-state index contributed by atoms with van der Waals surface area (Å²) in [5, 5.41) is 2.09. The van der Waals surface area contributed by atoms with Crippen molar-refractivity contribution < 1.29 is 9.15 Å². The maximum absolute atomic E-state index is 6.78. The van der Waals surface area contributed by atoms with Gasteiger partial charge in [0.25, 0.3) is 0 Å². The first-order valence-electron chi connectivity index (χ1n) is 21.3. The van der Waals surface area contributed by atoms with Gasteiger partial charge in [-0.15, -0.1) is 0 Å². The number of para-hydroxylation sites is 2. The Morgan fingerprint density at radius 2 is 0.794 bits per heavy atom. The molecule has 9 aromatic carbocycles. The van der Waals surface area contributed by atoms with Gasteiger partial charge >= 0.3 is 0 Å².